The summed E-state index contributed by atoms with van der Waals surface area (Å²) in [6.07, 6.45) is 0. The minimum absolute atomic E-state index is 0.237. The van der Waals surface area contributed by atoms with Gasteiger partial charge in [-0.1, -0.05) is 24.3 Å². The smallest absolute Gasteiger partial charge is 0.387 e. The largest absolute Gasteiger partial charge is 0.497 e. The number of methoxy groups -OCH3 is 1. The van der Waals surface area contributed by atoms with Crippen molar-refractivity contribution in [3.05, 3.63) is 54.1 Å². The molecule has 0 N–H and O–H groups in total. The van der Waals surface area contributed by atoms with Crippen LogP contribution in [0.25, 0.3) is 0 Å². The molecule has 28 heavy (non-hydrogen) atoms. The van der Waals surface area contributed by atoms with E-state index in [0.717, 1.165) is 11.3 Å². The third-order valence-electron chi connectivity index (χ3n) is 4.58. The molecule has 0 spiro atoms. The van der Waals surface area contributed by atoms with Crippen molar-refractivity contribution < 1.29 is 26.7 Å². The second-order valence-corrected chi connectivity index (χ2v) is 8.26. The summed E-state index contributed by atoms with van der Waals surface area (Å²) in [5.41, 5.74) is 1.10. The van der Waals surface area contributed by atoms with E-state index < -0.39 is 16.6 Å². The lowest BCUT2D eigenvalue weighted by Crippen LogP contribution is -2.48. The predicted molar refractivity (Wildman–Crippen MR) is 100 cm³/mol. The molecule has 1 heterocycles. The van der Waals surface area contributed by atoms with Crippen LogP contribution in [0.15, 0.2) is 53.4 Å². The zero-order valence-electron chi connectivity index (χ0n) is 15.4. The van der Waals surface area contributed by atoms with Crippen LogP contribution in [0, 0.1) is 0 Å². The lowest BCUT2D eigenvalue weighted by atomic mass is 10.2. The topological polar surface area (TPSA) is 59.1 Å². The van der Waals surface area contributed by atoms with Crippen molar-refractivity contribution in [2.24, 2.45) is 0 Å². The van der Waals surface area contributed by atoms with Crippen molar-refractivity contribution >= 4 is 10.0 Å². The van der Waals surface area contributed by atoms with E-state index in [4.69, 9.17) is 4.74 Å². The Morgan fingerprint density at radius 1 is 1.00 bits per heavy atom. The summed E-state index contributed by atoms with van der Waals surface area (Å²) in [6.45, 7) is -0.740. The molecule has 0 saturated carbocycles. The van der Waals surface area contributed by atoms with Gasteiger partial charge in [0.2, 0.25) is 10.0 Å². The highest BCUT2D eigenvalue weighted by Crippen LogP contribution is 2.28. The van der Waals surface area contributed by atoms with Gasteiger partial charge >= 0.3 is 6.61 Å². The Morgan fingerprint density at radius 2 is 1.64 bits per heavy atom. The van der Waals surface area contributed by atoms with E-state index in [1.165, 1.54) is 28.6 Å². The number of benzene rings is 2. The zero-order valence-corrected chi connectivity index (χ0v) is 16.2. The summed E-state index contributed by atoms with van der Waals surface area (Å²) >= 11 is 0. The third kappa shape index (κ3) is 4.78. The molecule has 1 fully saturated rings. The molecule has 1 aliphatic heterocycles. The van der Waals surface area contributed by atoms with Gasteiger partial charge in [0.1, 0.15) is 16.4 Å². The van der Waals surface area contributed by atoms with Gasteiger partial charge in [-0.3, -0.25) is 4.90 Å². The number of para-hydroxylation sites is 1. The molecule has 6 nitrogen and oxygen atoms in total. The molecule has 2 aromatic rings. The van der Waals surface area contributed by atoms with Gasteiger partial charge in [-0.05, 0) is 29.8 Å². The van der Waals surface area contributed by atoms with Crippen molar-refractivity contribution in [3.8, 4) is 11.5 Å². The van der Waals surface area contributed by atoms with Gasteiger partial charge in [-0.2, -0.15) is 13.1 Å². The predicted octanol–water partition coefficient (Wildman–Crippen LogP) is 2.80. The minimum Gasteiger partial charge on any atom is -0.497 e. The fourth-order valence-corrected chi connectivity index (χ4v) is 4.66. The molecule has 0 atom stereocenters. The molecule has 0 aromatic heterocycles. The molecular formula is C19H22F2N2O4S. The summed E-state index contributed by atoms with van der Waals surface area (Å²) in [5, 5.41) is 0. The van der Waals surface area contributed by atoms with Crippen molar-refractivity contribution in [3.63, 3.8) is 0 Å². The average Bonchev–Trinajstić information content (AvgIpc) is 2.69. The van der Waals surface area contributed by atoms with Crippen molar-refractivity contribution in [1.82, 2.24) is 9.21 Å². The maximum Gasteiger partial charge on any atom is 0.387 e. The number of rotatable bonds is 7. The third-order valence-corrected chi connectivity index (χ3v) is 6.52. The molecule has 0 unspecified atom stereocenters. The van der Waals surface area contributed by atoms with Crippen LogP contribution >= 0.6 is 0 Å². The SMILES string of the molecule is COc1ccc(CN2CCN(S(=O)(=O)c3ccccc3OC(F)F)CC2)cc1. The highest BCUT2D eigenvalue weighted by atomic mass is 32.2. The highest BCUT2D eigenvalue weighted by molar-refractivity contribution is 7.89. The zero-order chi connectivity index (χ0) is 20.1. The molecule has 9 heteroatoms. The Labute approximate surface area is 163 Å². The molecule has 3 rings (SSSR count). The molecule has 0 aliphatic carbocycles. The van der Waals surface area contributed by atoms with Crippen LogP contribution in [0.5, 0.6) is 11.5 Å². The standard InChI is InChI=1S/C19H22F2N2O4S/c1-26-16-8-6-15(7-9-16)14-22-10-12-23(13-11-22)28(24,25)18-5-3-2-4-17(18)27-19(20)21/h2-9,19H,10-14H2,1H3. The molecule has 0 bridgehead atoms. The first-order valence-corrected chi connectivity index (χ1v) is 10.2. The van der Waals surface area contributed by atoms with Gasteiger partial charge < -0.3 is 9.47 Å². The Hall–Kier alpha value is -2.23. The highest BCUT2D eigenvalue weighted by Gasteiger charge is 2.31. The van der Waals surface area contributed by atoms with Crippen LogP contribution < -0.4 is 9.47 Å². The average molecular weight is 412 g/mol. The maximum absolute atomic E-state index is 12.9. The molecule has 1 aliphatic rings. The van der Waals surface area contributed by atoms with E-state index in [9.17, 15) is 17.2 Å². The van der Waals surface area contributed by atoms with Gasteiger partial charge in [0.15, 0.2) is 0 Å². The Kier molecular flexibility index (Phi) is 6.48. The van der Waals surface area contributed by atoms with E-state index >= 15 is 0 Å². The number of hydrogen-bond donors (Lipinski definition) is 0. The summed E-state index contributed by atoms with van der Waals surface area (Å²) in [5.74, 6) is 0.447. The fourth-order valence-electron chi connectivity index (χ4n) is 3.11. The van der Waals surface area contributed by atoms with Gasteiger partial charge in [-0.15, -0.1) is 0 Å². The molecule has 0 amide bonds. The normalized spacial score (nSPS) is 16.3. The van der Waals surface area contributed by atoms with Gasteiger partial charge in [0.05, 0.1) is 7.11 Å². The molecular weight excluding hydrogens is 390 g/mol. The number of hydrogen-bond acceptors (Lipinski definition) is 5. The van der Waals surface area contributed by atoms with Crippen molar-refractivity contribution in [2.45, 2.75) is 18.1 Å². The van der Waals surface area contributed by atoms with Crippen LogP contribution in [-0.2, 0) is 16.6 Å². The number of sulfonamides is 1. The molecule has 2 aromatic carbocycles. The first-order valence-electron chi connectivity index (χ1n) is 8.79. The lowest BCUT2D eigenvalue weighted by Gasteiger charge is -2.34. The summed E-state index contributed by atoms with van der Waals surface area (Å²) in [4.78, 5) is 1.91. The van der Waals surface area contributed by atoms with E-state index in [-0.39, 0.29) is 23.7 Å². The van der Waals surface area contributed by atoms with Crippen molar-refractivity contribution in [1.29, 1.82) is 0 Å². The summed E-state index contributed by atoms with van der Waals surface area (Å²) in [6, 6.07) is 13.2. The first kappa shape index (κ1) is 20.5. The lowest BCUT2D eigenvalue weighted by molar-refractivity contribution is -0.0518. The minimum atomic E-state index is -3.91. The Morgan fingerprint density at radius 3 is 2.25 bits per heavy atom. The van der Waals surface area contributed by atoms with Gasteiger partial charge in [-0.25, -0.2) is 8.42 Å². The van der Waals surface area contributed by atoms with Crippen LogP contribution in [-0.4, -0.2) is 57.5 Å². The number of nitrogens with zero attached hydrogens (tertiary/aromatic N) is 2. The number of ether oxygens (including phenoxy) is 2. The fraction of sp³-hybridized carbons (Fsp3) is 0.368. The summed E-state index contributed by atoms with van der Waals surface area (Å²) < 4.78 is 61.8. The van der Waals surface area contributed by atoms with E-state index in [1.807, 2.05) is 24.3 Å². The summed E-state index contributed by atoms with van der Waals surface area (Å²) in [7, 11) is -2.30. The van der Waals surface area contributed by atoms with Crippen LogP contribution in [0.4, 0.5) is 8.78 Å². The van der Waals surface area contributed by atoms with Gasteiger partial charge in [0.25, 0.3) is 0 Å². The Balaban J connectivity index is 1.65. The van der Waals surface area contributed by atoms with E-state index in [2.05, 4.69) is 9.64 Å². The Bertz CT molecular complexity index is 883. The second-order valence-electron chi connectivity index (χ2n) is 6.35. The van der Waals surface area contributed by atoms with Crippen LogP contribution in [0.1, 0.15) is 5.56 Å². The molecule has 152 valence electrons. The second kappa shape index (κ2) is 8.85. The number of alkyl halides is 2. The maximum atomic E-state index is 12.9. The molecule has 1 saturated heterocycles. The van der Waals surface area contributed by atoms with Crippen LogP contribution in [0.2, 0.25) is 0 Å². The first-order chi connectivity index (χ1) is 13.4. The van der Waals surface area contributed by atoms with Gasteiger partial charge in [0, 0.05) is 32.7 Å². The quantitative estimate of drug-likeness (QED) is 0.700. The van der Waals surface area contributed by atoms with Crippen molar-refractivity contribution in [2.75, 3.05) is 33.3 Å². The van der Waals surface area contributed by atoms with E-state index in [0.29, 0.717) is 19.6 Å². The van der Waals surface area contributed by atoms with E-state index in [1.54, 1.807) is 7.11 Å². The number of piperazine rings is 1. The molecule has 0 radical (unpaired) electrons. The van der Waals surface area contributed by atoms with Crippen LogP contribution in [0.3, 0.4) is 0 Å². The number of halogens is 2. The monoisotopic (exact) mass is 412 g/mol.